The number of amides is 1. The lowest BCUT2D eigenvalue weighted by Crippen LogP contribution is -2.29. The second-order valence-electron chi connectivity index (χ2n) is 4.88. The Bertz CT molecular complexity index is 191. The molecule has 102 valence electrons. The van der Waals surface area contributed by atoms with Crippen LogP contribution in [0.2, 0.25) is 0 Å². The van der Waals surface area contributed by atoms with E-state index >= 15 is 0 Å². The van der Waals surface area contributed by atoms with Crippen molar-refractivity contribution in [2.24, 2.45) is 17.6 Å². The molecule has 3 nitrogen and oxygen atoms in total. The van der Waals surface area contributed by atoms with Gasteiger partial charge in [-0.3, -0.25) is 4.79 Å². The van der Waals surface area contributed by atoms with E-state index in [-0.39, 0.29) is 5.91 Å². The van der Waals surface area contributed by atoms with Crippen LogP contribution >= 0.6 is 0 Å². The number of carbonyl (C=O) groups is 1. The molecule has 0 aromatic heterocycles. The van der Waals surface area contributed by atoms with Crippen molar-refractivity contribution in [2.75, 3.05) is 13.1 Å². The summed E-state index contributed by atoms with van der Waals surface area (Å²) < 4.78 is 0. The first kappa shape index (κ1) is 16.4. The summed E-state index contributed by atoms with van der Waals surface area (Å²) in [6.07, 6.45) is 6.07. The Balaban J connectivity index is 3.70. The van der Waals surface area contributed by atoms with Crippen molar-refractivity contribution in [2.45, 2.75) is 59.3 Å². The van der Waals surface area contributed by atoms with Gasteiger partial charge >= 0.3 is 0 Å². The fourth-order valence-electron chi connectivity index (χ4n) is 2.05. The van der Waals surface area contributed by atoms with E-state index in [4.69, 9.17) is 5.73 Å². The first-order chi connectivity index (χ1) is 8.17. The fraction of sp³-hybridized carbons (Fsp3) is 0.929. The predicted octanol–water partition coefficient (Wildman–Crippen LogP) is 2.69. The highest BCUT2D eigenvalue weighted by Gasteiger charge is 2.10. The molecular formula is C14H30N2O. The Kier molecular flexibility index (Phi) is 10.2. The molecule has 0 aromatic rings. The monoisotopic (exact) mass is 242 g/mol. The van der Waals surface area contributed by atoms with Crippen LogP contribution in [0.4, 0.5) is 0 Å². The number of carbonyl (C=O) groups excluding carboxylic acids is 1. The van der Waals surface area contributed by atoms with Gasteiger partial charge in [0, 0.05) is 13.0 Å². The lowest BCUT2D eigenvalue weighted by atomic mass is 9.96. The molecule has 1 unspecified atom stereocenters. The third-order valence-electron chi connectivity index (χ3n) is 3.67. The predicted molar refractivity (Wildman–Crippen MR) is 73.8 cm³/mol. The van der Waals surface area contributed by atoms with Crippen LogP contribution in [0, 0.1) is 11.8 Å². The van der Waals surface area contributed by atoms with Crippen LogP contribution in [0.3, 0.4) is 0 Å². The molecule has 1 atom stereocenters. The van der Waals surface area contributed by atoms with Crippen LogP contribution in [0.5, 0.6) is 0 Å². The molecule has 0 aliphatic rings. The standard InChI is InChI=1S/C14H30N2O/c1-4-12(5-2)11-16-14(17)8-7-13(6-3)9-10-15/h12-13H,4-11,15H2,1-3H3,(H,16,17). The van der Waals surface area contributed by atoms with Crippen LogP contribution in [-0.4, -0.2) is 19.0 Å². The van der Waals surface area contributed by atoms with Crippen molar-refractivity contribution >= 4 is 5.91 Å². The molecule has 0 fully saturated rings. The van der Waals surface area contributed by atoms with Gasteiger partial charge in [0.1, 0.15) is 0 Å². The third kappa shape index (κ3) is 8.19. The minimum Gasteiger partial charge on any atom is -0.356 e. The van der Waals surface area contributed by atoms with Gasteiger partial charge in [-0.1, -0.05) is 40.0 Å². The zero-order chi connectivity index (χ0) is 13.1. The maximum atomic E-state index is 11.7. The normalized spacial score (nSPS) is 12.8. The lowest BCUT2D eigenvalue weighted by molar-refractivity contribution is -0.121. The van der Waals surface area contributed by atoms with Crippen LogP contribution < -0.4 is 11.1 Å². The van der Waals surface area contributed by atoms with E-state index in [2.05, 4.69) is 26.1 Å². The molecule has 0 aromatic carbocycles. The van der Waals surface area contributed by atoms with Gasteiger partial charge in [0.05, 0.1) is 0 Å². The Labute approximate surface area is 107 Å². The maximum Gasteiger partial charge on any atom is 0.220 e. The van der Waals surface area contributed by atoms with Gasteiger partial charge in [-0.15, -0.1) is 0 Å². The van der Waals surface area contributed by atoms with E-state index in [0.29, 0.717) is 18.3 Å². The summed E-state index contributed by atoms with van der Waals surface area (Å²) in [5.41, 5.74) is 5.55. The molecule has 0 aliphatic heterocycles. The van der Waals surface area contributed by atoms with Gasteiger partial charge < -0.3 is 11.1 Å². The van der Waals surface area contributed by atoms with E-state index in [1.54, 1.807) is 0 Å². The number of nitrogens with one attached hydrogen (secondary N) is 1. The molecule has 0 spiro atoms. The van der Waals surface area contributed by atoms with Gasteiger partial charge in [0.25, 0.3) is 0 Å². The summed E-state index contributed by atoms with van der Waals surface area (Å²) in [6.45, 7) is 8.08. The summed E-state index contributed by atoms with van der Waals surface area (Å²) in [5.74, 6) is 1.44. The summed E-state index contributed by atoms with van der Waals surface area (Å²) in [7, 11) is 0. The van der Waals surface area contributed by atoms with Gasteiger partial charge in [0.2, 0.25) is 5.91 Å². The SMILES string of the molecule is CCC(CCN)CCC(=O)NCC(CC)CC. The van der Waals surface area contributed by atoms with Gasteiger partial charge in [0.15, 0.2) is 0 Å². The molecule has 0 bridgehead atoms. The van der Waals surface area contributed by atoms with Crippen LogP contribution in [0.1, 0.15) is 59.3 Å². The second kappa shape index (κ2) is 10.6. The molecule has 0 radical (unpaired) electrons. The Morgan fingerprint density at radius 3 is 2.12 bits per heavy atom. The zero-order valence-electron chi connectivity index (χ0n) is 11.8. The molecule has 0 heterocycles. The van der Waals surface area contributed by atoms with E-state index in [9.17, 15) is 4.79 Å². The van der Waals surface area contributed by atoms with Crippen LogP contribution in [0.25, 0.3) is 0 Å². The molecule has 3 heteroatoms. The third-order valence-corrected chi connectivity index (χ3v) is 3.67. The first-order valence-electron chi connectivity index (χ1n) is 7.14. The Morgan fingerprint density at radius 2 is 1.65 bits per heavy atom. The minimum absolute atomic E-state index is 0.201. The van der Waals surface area contributed by atoms with E-state index in [0.717, 1.165) is 45.2 Å². The maximum absolute atomic E-state index is 11.7. The number of hydrogen-bond acceptors (Lipinski definition) is 2. The smallest absolute Gasteiger partial charge is 0.220 e. The summed E-state index contributed by atoms with van der Waals surface area (Å²) >= 11 is 0. The molecule has 0 aliphatic carbocycles. The minimum atomic E-state index is 0.201. The summed E-state index contributed by atoms with van der Waals surface area (Å²) in [5, 5.41) is 3.04. The highest BCUT2D eigenvalue weighted by Crippen LogP contribution is 2.14. The topological polar surface area (TPSA) is 55.1 Å². The number of hydrogen-bond donors (Lipinski definition) is 2. The molecule has 3 N–H and O–H groups in total. The molecular weight excluding hydrogens is 212 g/mol. The van der Waals surface area contributed by atoms with Gasteiger partial charge in [-0.25, -0.2) is 0 Å². The molecule has 1 amide bonds. The molecule has 17 heavy (non-hydrogen) atoms. The average Bonchev–Trinajstić information content (AvgIpc) is 2.35. The molecule has 0 saturated heterocycles. The van der Waals surface area contributed by atoms with Crippen molar-refractivity contribution in [3.05, 3.63) is 0 Å². The number of nitrogens with two attached hydrogens (primary N) is 1. The van der Waals surface area contributed by atoms with Crippen LogP contribution in [-0.2, 0) is 4.79 Å². The number of rotatable bonds is 10. The van der Waals surface area contributed by atoms with Crippen molar-refractivity contribution < 1.29 is 4.79 Å². The first-order valence-corrected chi connectivity index (χ1v) is 7.14. The van der Waals surface area contributed by atoms with Crippen molar-refractivity contribution in [3.8, 4) is 0 Å². The van der Waals surface area contributed by atoms with Gasteiger partial charge in [-0.05, 0) is 31.2 Å². The highest BCUT2D eigenvalue weighted by molar-refractivity contribution is 5.75. The van der Waals surface area contributed by atoms with Crippen molar-refractivity contribution in [1.82, 2.24) is 5.32 Å². The molecule has 0 saturated carbocycles. The van der Waals surface area contributed by atoms with E-state index < -0.39 is 0 Å². The van der Waals surface area contributed by atoms with Gasteiger partial charge in [-0.2, -0.15) is 0 Å². The zero-order valence-corrected chi connectivity index (χ0v) is 11.8. The largest absolute Gasteiger partial charge is 0.356 e. The van der Waals surface area contributed by atoms with E-state index in [1.165, 1.54) is 0 Å². The fourth-order valence-corrected chi connectivity index (χ4v) is 2.05. The summed E-state index contributed by atoms with van der Waals surface area (Å²) in [6, 6.07) is 0. The van der Waals surface area contributed by atoms with Crippen LogP contribution in [0.15, 0.2) is 0 Å². The van der Waals surface area contributed by atoms with Crippen molar-refractivity contribution in [1.29, 1.82) is 0 Å². The van der Waals surface area contributed by atoms with Crippen molar-refractivity contribution in [3.63, 3.8) is 0 Å². The molecule has 0 rings (SSSR count). The lowest BCUT2D eigenvalue weighted by Gasteiger charge is -2.15. The second-order valence-corrected chi connectivity index (χ2v) is 4.88. The Hall–Kier alpha value is -0.570. The average molecular weight is 242 g/mol. The highest BCUT2D eigenvalue weighted by atomic mass is 16.1. The quantitative estimate of drug-likeness (QED) is 0.619. The Morgan fingerprint density at radius 1 is 1.06 bits per heavy atom. The van der Waals surface area contributed by atoms with E-state index in [1.807, 2.05) is 0 Å². The summed E-state index contributed by atoms with van der Waals surface area (Å²) in [4.78, 5) is 11.7.